The van der Waals surface area contributed by atoms with Crippen LogP contribution in [0.15, 0.2) is 18.2 Å². The summed E-state index contributed by atoms with van der Waals surface area (Å²) in [6.45, 7) is 4.18. The molecule has 0 amide bonds. The molecule has 0 saturated carbocycles. The SMILES string of the molecule is CN(CCC(=O)c1cc(F)cc(F)c1)CC(C)(C)O. The van der Waals surface area contributed by atoms with Gasteiger partial charge in [0, 0.05) is 31.1 Å². The quantitative estimate of drug-likeness (QED) is 0.807. The normalized spacial score (nSPS) is 11.9. The van der Waals surface area contributed by atoms with Crippen molar-refractivity contribution in [3.8, 4) is 0 Å². The number of Topliss-reactive ketones (excluding diaryl/α,β-unsaturated/α-hetero) is 1. The molecule has 0 radical (unpaired) electrons. The lowest BCUT2D eigenvalue weighted by atomic mass is 10.1. The second kappa shape index (κ2) is 6.21. The van der Waals surface area contributed by atoms with E-state index in [1.807, 2.05) is 0 Å². The van der Waals surface area contributed by atoms with Gasteiger partial charge in [-0.05, 0) is 33.0 Å². The summed E-state index contributed by atoms with van der Waals surface area (Å²) < 4.78 is 25.9. The van der Waals surface area contributed by atoms with Crippen molar-refractivity contribution in [2.75, 3.05) is 20.1 Å². The van der Waals surface area contributed by atoms with Crippen LogP contribution in [0.1, 0.15) is 30.6 Å². The number of halogens is 2. The minimum atomic E-state index is -0.844. The van der Waals surface area contributed by atoms with E-state index in [1.54, 1.807) is 25.8 Å². The average molecular weight is 271 g/mol. The van der Waals surface area contributed by atoms with Crippen LogP contribution < -0.4 is 0 Å². The Kier molecular flexibility index (Phi) is 5.14. The van der Waals surface area contributed by atoms with Crippen LogP contribution in [0, 0.1) is 11.6 Å². The number of hydrogen-bond acceptors (Lipinski definition) is 3. The number of likely N-dealkylation sites (N-methyl/N-ethyl adjacent to an activating group) is 1. The molecule has 0 unspecified atom stereocenters. The zero-order valence-electron chi connectivity index (χ0n) is 11.4. The Hall–Kier alpha value is -1.33. The van der Waals surface area contributed by atoms with Gasteiger partial charge in [0.2, 0.25) is 0 Å². The second-order valence-corrected chi connectivity index (χ2v) is 5.38. The minimum absolute atomic E-state index is 0.0363. The predicted molar refractivity (Wildman–Crippen MR) is 69.1 cm³/mol. The van der Waals surface area contributed by atoms with E-state index in [0.29, 0.717) is 13.1 Å². The molecule has 0 aliphatic carbocycles. The van der Waals surface area contributed by atoms with Crippen LogP contribution in [-0.2, 0) is 0 Å². The zero-order chi connectivity index (χ0) is 14.6. The third-order valence-electron chi connectivity index (χ3n) is 2.56. The number of aliphatic hydroxyl groups is 1. The first-order chi connectivity index (χ1) is 8.67. The molecule has 0 fully saturated rings. The van der Waals surface area contributed by atoms with Gasteiger partial charge in [-0.15, -0.1) is 0 Å². The second-order valence-electron chi connectivity index (χ2n) is 5.38. The van der Waals surface area contributed by atoms with Crippen LogP contribution in [0.25, 0.3) is 0 Å². The molecule has 5 heteroatoms. The van der Waals surface area contributed by atoms with Gasteiger partial charge < -0.3 is 10.0 Å². The Bertz CT molecular complexity index is 435. The van der Waals surface area contributed by atoms with Crippen LogP contribution in [-0.4, -0.2) is 41.5 Å². The van der Waals surface area contributed by atoms with Gasteiger partial charge in [0.15, 0.2) is 5.78 Å². The maximum absolute atomic E-state index is 13.0. The lowest BCUT2D eigenvalue weighted by molar-refractivity contribution is 0.0437. The number of rotatable bonds is 6. The molecule has 0 aliphatic rings. The summed E-state index contributed by atoms with van der Waals surface area (Å²) in [5.74, 6) is -1.83. The Balaban J connectivity index is 2.56. The molecule has 19 heavy (non-hydrogen) atoms. The molecule has 0 bridgehead atoms. The van der Waals surface area contributed by atoms with Crippen LogP contribution in [0.5, 0.6) is 0 Å². The molecule has 0 atom stereocenters. The van der Waals surface area contributed by atoms with E-state index in [-0.39, 0.29) is 17.8 Å². The summed E-state index contributed by atoms with van der Waals surface area (Å²) in [5.41, 5.74) is -0.808. The third-order valence-corrected chi connectivity index (χ3v) is 2.56. The third kappa shape index (κ3) is 5.89. The Morgan fingerprint density at radius 3 is 2.26 bits per heavy atom. The Morgan fingerprint density at radius 1 is 1.26 bits per heavy atom. The largest absolute Gasteiger partial charge is 0.389 e. The van der Waals surface area contributed by atoms with Crippen LogP contribution in [0.3, 0.4) is 0 Å². The zero-order valence-corrected chi connectivity index (χ0v) is 11.4. The van der Waals surface area contributed by atoms with Crippen molar-refractivity contribution < 1.29 is 18.7 Å². The van der Waals surface area contributed by atoms with E-state index in [9.17, 15) is 18.7 Å². The van der Waals surface area contributed by atoms with Gasteiger partial charge in [0.1, 0.15) is 11.6 Å². The fraction of sp³-hybridized carbons (Fsp3) is 0.500. The van der Waals surface area contributed by atoms with Crippen molar-refractivity contribution in [1.82, 2.24) is 4.90 Å². The smallest absolute Gasteiger partial charge is 0.164 e. The van der Waals surface area contributed by atoms with Crippen molar-refractivity contribution in [1.29, 1.82) is 0 Å². The van der Waals surface area contributed by atoms with E-state index in [0.717, 1.165) is 18.2 Å². The molecule has 3 nitrogen and oxygen atoms in total. The number of hydrogen-bond donors (Lipinski definition) is 1. The van der Waals surface area contributed by atoms with E-state index in [2.05, 4.69) is 0 Å². The van der Waals surface area contributed by atoms with Gasteiger partial charge in [0.25, 0.3) is 0 Å². The number of nitrogens with zero attached hydrogens (tertiary/aromatic N) is 1. The lowest BCUT2D eigenvalue weighted by Crippen LogP contribution is -2.37. The highest BCUT2D eigenvalue weighted by atomic mass is 19.1. The fourth-order valence-corrected chi connectivity index (χ4v) is 1.89. The summed E-state index contributed by atoms with van der Waals surface area (Å²) in [7, 11) is 1.78. The highest BCUT2D eigenvalue weighted by molar-refractivity contribution is 5.96. The van der Waals surface area contributed by atoms with E-state index in [4.69, 9.17) is 0 Å². The standard InChI is InChI=1S/C14H19F2NO2/c1-14(2,19)9-17(3)5-4-13(18)10-6-11(15)8-12(16)7-10/h6-8,19H,4-5,9H2,1-3H3. The van der Waals surface area contributed by atoms with Crippen molar-refractivity contribution in [2.45, 2.75) is 25.9 Å². The van der Waals surface area contributed by atoms with Crippen LogP contribution >= 0.6 is 0 Å². The van der Waals surface area contributed by atoms with Crippen molar-refractivity contribution in [3.05, 3.63) is 35.4 Å². The summed E-state index contributed by atoms with van der Waals surface area (Å²) in [5, 5.41) is 9.62. The fourth-order valence-electron chi connectivity index (χ4n) is 1.89. The maximum atomic E-state index is 13.0. The van der Waals surface area contributed by atoms with Gasteiger partial charge in [-0.3, -0.25) is 4.79 Å². The van der Waals surface area contributed by atoms with Crippen LogP contribution in [0.2, 0.25) is 0 Å². The highest BCUT2D eigenvalue weighted by Gasteiger charge is 2.16. The summed E-state index contributed by atoms with van der Waals surface area (Å²) in [4.78, 5) is 13.6. The topological polar surface area (TPSA) is 40.5 Å². The number of carbonyl (C=O) groups excluding carboxylic acids is 1. The Labute approximate surface area is 111 Å². The first-order valence-corrected chi connectivity index (χ1v) is 6.07. The monoisotopic (exact) mass is 271 g/mol. The molecular weight excluding hydrogens is 252 g/mol. The Morgan fingerprint density at radius 2 is 1.79 bits per heavy atom. The highest BCUT2D eigenvalue weighted by Crippen LogP contribution is 2.11. The number of carbonyl (C=O) groups is 1. The summed E-state index contributed by atoms with van der Waals surface area (Å²) >= 11 is 0. The molecule has 1 aromatic rings. The predicted octanol–water partition coefficient (Wildman–Crippen LogP) is 2.24. The summed E-state index contributed by atoms with van der Waals surface area (Å²) in [6, 6.07) is 2.79. The van der Waals surface area contributed by atoms with E-state index >= 15 is 0 Å². The van der Waals surface area contributed by atoms with Gasteiger partial charge >= 0.3 is 0 Å². The van der Waals surface area contributed by atoms with Crippen LogP contribution in [0.4, 0.5) is 8.78 Å². The molecule has 0 saturated heterocycles. The number of ketones is 1. The van der Waals surface area contributed by atoms with Crippen molar-refractivity contribution in [3.63, 3.8) is 0 Å². The molecular formula is C14H19F2NO2. The maximum Gasteiger partial charge on any atom is 0.164 e. The van der Waals surface area contributed by atoms with Gasteiger partial charge in [-0.1, -0.05) is 0 Å². The molecule has 1 N–H and O–H groups in total. The van der Waals surface area contributed by atoms with E-state index in [1.165, 1.54) is 0 Å². The minimum Gasteiger partial charge on any atom is -0.389 e. The molecule has 106 valence electrons. The molecule has 0 aliphatic heterocycles. The van der Waals surface area contributed by atoms with Gasteiger partial charge in [-0.2, -0.15) is 0 Å². The molecule has 1 aromatic carbocycles. The lowest BCUT2D eigenvalue weighted by Gasteiger charge is -2.25. The molecule has 0 aromatic heterocycles. The first kappa shape index (κ1) is 15.7. The molecule has 0 heterocycles. The molecule has 0 spiro atoms. The van der Waals surface area contributed by atoms with Crippen molar-refractivity contribution in [2.24, 2.45) is 0 Å². The average Bonchev–Trinajstić information content (AvgIpc) is 2.22. The molecule has 1 rings (SSSR count). The van der Waals surface area contributed by atoms with Crippen molar-refractivity contribution >= 4 is 5.78 Å². The van der Waals surface area contributed by atoms with E-state index < -0.39 is 17.2 Å². The first-order valence-electron chi connectivity index (χ1n) is 6.07. The summed E-state index contributed by atoms with van der Waals surface area (Å²) in [6.07, 6.45) is 0.148. The van der Waals surface area contributed by atoms with Gasteiger partial charge in [0.05, 0.1) is 5.60 Å². The van der Waals surface area contributed by atoms with Gasteiger partial charge in [-0.25, -0.2) is 8.78 Å². The number of benzene rings is 1.